The molecule has 0 saturated carbocycles. The number of rotatable bonds is 17. The summed E-state index contributed by atoms with van der Waals surface area (Å²) in [5.41, 5.74) is 2.45. The molecule has 51 heavy (non-hydrogen) atoms. The van der Waals surface area contributed by atoms with Crippen LogP contribution in [0, 0.1) is 40.5 Å². The lowest BCUT2D eigenvalue weighted by Gasteiger charge is -2.06. The number of benzene rings is 4. The maximum atomic E-state index is 10.6. The van der Waals surface area contributed by atoms with Gasteiger partial charge in [-0.05, 0) is 79.3 Å². The third-order valence-corrected chi connectivity index (χ3v) is 7.13. The molecule has 0 radical (unpaired) electrons. The van der Waals surface area contributed by atoms with Gasteiger partial charge < -0.3 is 9.47 Å². The molecule has 0 aromatic heterocycles. The number of ether oxygens (including phenoxy) is 2. The van der Waals surface area contributed by atoms with Crippen LogP contribution < -0.4 is 14.3 Å². The van der Waals surface area contributed by atoms with Gasteiger partial charge in [-0.25, -0.2) is 4.84 Å². The van der Waals surface area contributed by atoms with E-state index in [1.165, 1.54) is 48.5 Å². The number of nitro benzene ring substituents is 4. The molecule has 0 saturated heterocycles. The summed E-state index contributed by atoms with van der Waals surface area (Å²) in [5.74, 6) is 1.26. The van der Waals surface area contributed by atoms with Gasteiger partial charge in [0.1, 0.15) is 11.5 Å². The van der Waals surface area contributed by atoms with Crippen molar-refractivity contribution in [1.82, 2.24) is 4.84 Å². The topological polar surface area (TPSA) is 203 Å². The van der Waals surface area contributed by atoms with E-state index >= 15 is 0 Å². The molecule has 4 rings (SSSR count). The van der Waals surface area contributed by atoms with Crippen molar-refractivity contribution in [2.45, 2.75) is 39.5 Å². The normalized spacial score (nSPS) is 9.84. The lowest BCUT2D eigenvalue weighted by molar-refractivity contribution is -0.385. The van der Waals surface area contributed by atoms with E-state index in [2.05, 4.69) is 20.8 Å². The maximum Gasteiger partial charge on any atom is 0.269 e. The molecular formula is C34H39BrClN5O10. The highest BCUT2D eigenvalue weighted by Gasteiger charge is 2.06. The van der Waals surface area contributed by atoms with Gasteiger partial charge in [-0.3, -0.25) is 40.5 Å². The molecule has 17 heteroatoms. The zero-order valence-corrected chi connectivity index (χ0v) is 29.1. The number of halogens is 2. The van der Waals surface area contributed by atoms with Crippen molar-refractivity contribution in [3.8, 4) is 11.5 Å². The van der Waals surface area contributed by atoms with Gasteiger partial charge in [0.25, 0.3) is 22.7 Å². The number of hydrogen-bond acceptors (Lipinski definition) is 11. The first-order chi connectivity index (χ1) is 24.0. The second-order valence-corrected chi connectivity index (χ2v) is 11.2. The van der Waals surface area contributed by atoms with Crippen LogP contribution >= 0.6 is 27.7 Å². The van der Waals surface area contributed by atoms with E-state index < -0.39 is 19.7 Å². The average Bonchev–Trinajstić information content (AvgIpc) is 3.12. The zero-order valence-electron chi connectivity index (χ0n) is 26.7. The van der Waals surface area contributed by atoms with Crippen molar-refractivity contribution in [2.24, 2.45) is 0 Å². The third-order valence-electron chi connectivity index (χ3n) is 6.62. The summed E-state index contributed by atoms with van der Waals surface area (Å²) in [4.78, 5) is 42.5. The number of aryl methyl sites for hydroxylation is 1. The minimum atomic E-state index is -0.442. The fourth-order valence-corrected chi connectivity index (χ4v) is 4.30. The fraction of sp³-hybridized carbons (Fsp3) is 0.294. The van der Waals surface area contributed by atoms with Crippen molar-refractivity contribution < 1.29 is 29.2 Å². The molecule has 0 aliphatic heterocycles. The standard InChI is InChI=1S/C17H18N2O5.C8H8BrNO3.C8H9ClN2O2.CH4/c20-18(21)15-7-5-14(6-8-15)4-2-1-3-13-24-17-11-9-16(10-12-17)19(22)23;9-5-6-13-8-3-1-7(2-4-8)10(11)12;9-10-6-5-7-1-3-8(4-2-7)11(12)13;/h5-12H,1-4,13H2;1-4H,5-6H2;1-4,10H,5-6H2;1H4. The highest BCUT2D eigenvalue weighted by molar-refractivity contribution is 9.09. The molecular weight excluding hydrogens is 754 g/mol. The highest BCUT2D eigenvalue weighted by Crippen LogP contribution is 2.19. The van der Waals surface area contributed by atoms with Gasteiger partial charge in [0.05, 0.1) is 32.9 Å². The Morgan fingerprint density at radius 1 is 0.529 bits per heavy atom. The number of non-ortho nitro benzene ring substituents is 4. The molecule has 4 aromatic rings. The van der Waals surface area contributed by atoms with Crippen molar-refractivity contribution >= 4 is 50.5 Å². The fourth-order valence-electron chi connectivity index (χ4n) is 4.04. The van der Waals surface area contributed by atoms with Crippen LogP contribution in [-0.2, 0) is 12.8 Å². The molecule has 0 spiro atoms. The summed E-state index contributed by atoms with van der Waals surface area (Å²) in [6.07, 6.45) is 4.46. The van der Waals surface area contributed by atoms with Gasteiger partial charge in [0, 0.05) is 60.4 Å². The van der Waals surface area contributed by atoms with Crippen LogP contribution in [0.2, 0.25) is 0 Å². The Morgan fingerprint density at radius 3 is 1.24 bits per heavy atom. The minimum Gasteiger partial charge on any atom is -0.494 e. The van der Waals surface area contributed by atoms with Crippen LogP contribution in [0.25, 0.3) is 0 Å². The summed E-state index contributed by atoms with van der Waals surface area (Å²) in [6, 6.07) is 25.1. The Bertz CT molecular complexity index is 1510. The van der Waals surface area contributed by atoms with Crippen LogP contribution in [0.15, 0.2) is 97.1 Å². The first kappa shape index (κ1) is 43.8. The number of nitro groups is 4. The van der Waals surface area contributed by atoms with E-state index in [0.717, 1.165) is 48.6 Å². The molecule has 0 amide bonds. The first-order valence-corrected chi connectivity index (χ1v) is 16.6. The molecule has 15 nitrogen and oxygen atoms in total. The first-order valence-electron chi connectivity index (χ1n) is 15.1. The number of nitrogens with zero attached hydrogens (tertiary/aromatic N) is 4. The molecule has 274 valence electrons. The average molecular weight is 793 g/mol. The van der Waals surface area contributed by atoms with E-state index in [4.69, 9.17) is 21.3 Å². The molecule has 0 aliphatic carbocycles. The van der Waals surface area contributed by atoms with E-state index in [1.807, 2.05) is 0 Å². The van der Waals surface area contributed by atoms with Gasteiger partial charge in [0.2, 0.25) is 0 Å². The van der Waals surface area contributed by atoms with Crippen molar-refractivity contribution in [3.63, 3.8) is 0 Å². The Kier molecular flexibility index (Phi) is 21.4. The summed E-state index contributed by atoms with van der Waals surface area (Å²) < 4.78 is 10.8. The maximum absolute atomic E-state index is 10.6. The molecule has 0 heterocycles. The zero-order chi connectivity index (χ0) is 36.7. The van der Waals surface area contributed by atoms with Gasteiger partial charge in [-0.15, -0.1) is 0 Å². The van der Waals surface area contributed by atoms with E-state index in [0.29, 0.717) is 31.3 Å². The number of nitrogens with one attached hydrogen (secondary N) is 1. The monoisotopic (exact) mass is 791 g/mol. The lowest BCUT2D eigenvalue weighted by atomic mass is 10.1. The molecule has 1 N–H and O–H groups in total. The Morgan fingerprint density at radius 2 is 0.882 bits per heavy atom. The molecule has 0 unspecified atom stereocenters. The quantitative estimate of drug-likeness (QED) is 0.0351. The van der Waals surface area contributed by atoms with Crippen LogP contribution in [0.4, 0.5) is 22.7 Å². The highest BCUT2D eigenvalue weighted by atomic mass is 79.9. The van der Waals surface area contributed by atoms with Gasteiger partial charge in [-0.2, -0.15) is 0 Å². The second kappa shape index (κ2) is 24.9. The molecule has 0 fully saturated rings. The van der Waals surface area contributed by atoms with Gasteiger partial charge >= 0.3 is 0 Å². The number of alkyl halides is 1. The molecule has 0 aliphatic rings. The molecule has 4 aromatic carbocycles. The van der Waals surface area contributed by atoms with E-state index in [-0.39, 0.29) is 30.2 Å². The van der Waals surface area contributed by atoms with Gasteiger partial charge in [0.15, 0.2) is 0 Å². The Labute approximate surface area is 308 Å². The predicted octanol–water partition coefficient (Wildman–Crippen LogP) is 9.18. The summed E-state index contributed by atoms with van der Waals surface area (Å²) >= 11 is 8.49. The van der Waals surface area contributed by atoms with Crippen LogP contribution in [0.3, 0.4) is 0 Å². The predicted molar refractivity (Wildman–Crippen MR) is 199 cm³/mol. The second-order valence-electron chi connectivity index (χ2n) is 10.2. The SMILES string of the molecule is C.O=[N+]([O-])c1ccc(CCCCCOc2ccc([N+](=O)[O-])cc2)cc1.O=[N+]([O-])c1ccc(CCNCl)cc1.O=[N+]([O-])c1ccc(OCCBr)cc1. The largest absolute Gasteiger partial charge is 0.494 e. The van der Waals surface area contributed by atoms with Crippen LogP contribution in [-0.4, -0.2) is 44.8 Å². The third kappa shape index (κ3) is 17.9. The summed E-state index contributed by atoms with van der Waals surface area (Å²) in [6.45, 7) is 1.76. The Hall–Kier alpha value is -5.19. The Balaban J connectivity index is 0.000000411. The minimum absolute atomic E-state index is 0. The lowest BCUT2D eigenvalue weighted by Crippen LogP contribution is -2.04. The summed E-state index contributed by atoms with van der Waals surface area (Å²) in [5, 5.41) is 42.4. The molecule has 0 atom stereocenters. The van der Waals surface area contributed by atoms with E-state index in [9.17, 15) is 40.5 Å². The van der Waals surface area contributed by atoms with Crippen LogP contribution in [0.1, 0.15) is 37.8 Å². The van der Waals surface area contributed by atoms with Crippen molar-refractivity contribution in [1.29, 1.82) is 0 Å². The summed E-state index contributed by atoms with van der Waals surface area (Å²) in [7, 11) is 0. The van der Waals surface area contributed by atoms with E-state index in [1.54, 1.807) is 48.5 Å². The van der Waals surface area contributed by atoms with Crippen molar-refractivity contribution in [2.75, 3.05) is 25.1 Å². The van der Waals surface area contributed by atoms with Crippen LogP contribution in [0.5, 0.6) is 11.5 Å². The smallest absolute Gasteiger partial charge is 0.269 e. The molecule has 0 bridgehead atoms. The van der Waals surface area contributed by atoms with Crippen molar-refractivity contribution in [3.05, 3.63) is 149 Å². The number of hydrogen-bond donors (Lipinski definition) is 1. The number of unbranched alkanes of at least 4 members (excludes halogenated alkanes) is 2. The van der Waals surface area contributed by atoms with Gasteiger partial charge in [-0.1, -0.05) is 47.6 Å².